The van der Waals surface area contributed by atoms with Gasteiger partial charge in [0, 0.05) is 26.2 Å². The molecule has 0 aliphatic carbocycles. The number of piperazine rings is 1. The summed E-state index contributed by atoms with van der Waals surface area (Å²) in [6.07, 6.45) is -0.150. The van der Waals surface area contributed by atoms with E-state index in [1.807, 2.05) is 0 Å². The Morgan fingerprint density at radius 1 is 1.15 bits per heavy atom. The van der Waals surface area contributed by atoms with Gasteiger partial charge in [-0.2, -0.15) is 4.31 Å². The molecule has 2 aliphatic rings. The topological polar surface area (TPSA) is 125 Å². The van der Waals surface area contributed by atoms with Crippen molar-refractivity contribution in [3.63, 3.8) is 0 Å². The summed E-state index contributed by atoms with van der Waals surface area (Å²) < 4.78 is 31.8. The van der Waals surface area contributed by atoms with E-state index in [9.17, 15) is 22.8 Å². The Bertz CT molecular complexity index is 846. The average molecular weight is 396 g/mol. The molecule has 0 aromatic heterocycles. The van der Waals surface area contributed by atoms with Gasteiger partial charge in [0.1, 0.15) is 11.8 Å². The van der Waals surface area contributed by atoms with Gasteiger partial charge in [0.2, 0.25) is 15.9 Å². The number of rotatable bonds is 5. The maximum atomic E-state index is 12.7. The van der Waals surface area contributed by atoms with Crippen LogP contribution in [-0.2, 0) is 19.6 Å². The summed E-state index contributed by atoms with van der Waals surface area (Å²) in [4.78, 5) is 36.6. The second-order valence-electron chi connectivity index (χ2n) is 6.18. The summed E-state index contributed by atoms with van der Waals surface area (Å²) in [6, 6.07) is 4.61. The van der Waals surface area contributed by atoms with Crippen LogP contribution in [0.4, 0.5) is 4.79 Å². The van der Waals surface area contributed by atoms with Gasteiger partial charge in [-0.05, 0) is 24.3 Å². The van der Waals surface area contributed by atoms with Crippen LogP contribution in [-0.4, -0.2) is 74.8 Å². The molecular formula is C16H20N4O6S. The molecule has 4 amide bonds. The fourth-order valence-corrected chi connectivity index (χ4v) is 4.40. The Morgan fingerprint density at radius 3 is 2.30 bits per heavy atom. The number of urea groups is 1. The molecule has 146 valence electrons. The monoisotopic (exact) mass is 396 g/mol. The largest absolute Gasteiger partial charge is 0.497 e. The molecule has 1 aromatic carbocycles. The van der Waals surface area contributed by atoms with Gasteiger partial charge in [-0.25, -0.2) is 13.2 Å². The number of methoxy groups -OCH3 is 1. The van der Waals surface area contributed by atoms with Gasteiger partial charge in [0.15, 0.2) is 0 Å². The third-order valence-corrected chi connectivity index (χ3v) is 6.44. The molecule has 1 atom stereocenters. The molecule has 2 fully saturated rings. The van der Waals surface area contributed by atoms with Crippen LogP contribution in [0.15, 0.2) is 29.2 Å². The number of amides is 4. The SMILES string of the molecule is COc1ccc(S(=O)(=O)N2CCN(C(=O)C[C@H]3NC(=O)NC3=O)CC2)cc1. The second-order valence-corrected chi connectivity index (χ2v) is 8.12. The Hall–Kier alpha value is -2.66. The molecule has 0 bridgehead atoms. The summed E-state index contributed by atoms with van der Waals surface area (Å²) in [6.45, 7) is 0.750. The van der Waals surface area contributed by atoms with E-state index in [-0.39, 0.29) is 43.4 Å². The summed E-state index contributed by atoms with van der Waals surface area (Å²) >= 11 is 0. The Balaban J connectivity index is 1.58. The molecule has 0 radical (unpaired) electrons. The molecule has 2 heterocycles. The lowest BCUT2D eigenvalue weighted by Gasteiger charge is -2.34. The number of carbonyl (C=O) groups excluding carboxylic acids is 3. The summed E-state index contributed by atoms with van der Waals surface area (Å²) in [5, 5.41) is 4.45. The van der Waals surface area contributed by atoms with Crippen LogP contribution in [0.3, 0.4) is 0 Å². The highest BCUT2D eigenvalue weighted by molar-refractivity contribution is 7.89. The highest BCUT2D eigenvalue weighted by atomic mass is 32.2. The minimum absolute atomic E-state index is 0.150. The Labute approximate surface area is 156 Å². The average Bonchev–Trinajstić information content (AvgIpc) is 2.98. The summed E-state index contributed by atoms with van der Waals surface area (Å²) in [7, 11) is -2.16. The quantitative estimate of drug-likeness (QED) is 0.623. The number of carbonyl (C=O) groups is 3. The Morgan fingerprint density at radius 2 is 1.78 bits per heavy atom. The standard InChI is InChI=1S/C16H20N4O6S/c1-26-11-2-4-12(5-3-11)27(24,25)20-8-6-19(7-9-20)14(21)10-13-15(22)18-16(23)17-13/h2-5,13H,6-10H2,1H3,(H2,17,18,22,23)/t13-/m1/s1. The van der Waals surface area contributed by atoms with Crippen LogP contribution in [0, 0.1) is 0 Å². The first-order chi connectivity index (χ1) is 12.8. The van der Waals surface area contributed by atoms with Crippen LogP contribution in [0.1, 0.15) is 6.42 Å². The zero-order valence-electron chi connectivity index (χ0n) is 14.7. The van der Waals surface area contributed by atoms with E-state index in [1.165, 1.54) is 28.4 Å². The number of nitrogens with zero attached hydrogens (tertiary/aromatic N) is 2. The third kappa shape index (κ3) is 4.03. The number of hydrogen-bond acceptors (Lipinski definition) is 6. The predicted octanol–water partition coefficient (Wildman–Crippen LogP) is -0.874. The Kier molecular flexibility index (Phi) is 5.33. The van der Waals surface area contributed by atoms with Gasteiger partial charge in [-0.3, -0.25) is 14.9 Å². The van der Waals surface area contributed by atoms with Crippen LogP contribution >= 0.6 is 0 Å². The van der Waals surface area contributed by atoms with Crippen LogP contribution < -0.4 is 15.4 Å². The number of hydrogen-bond donors (Lipinski definition) is 2. The van der Waals surface area contributed by atoms with Crippen molar-refractivity contribution in [2.45, 2.75) is 17.4 Å². The lowest BCUT2D eigenvalue weighted by atomic mass is 10.2. The van der Waals surface area contributed by atoms with Crippen LogP contribution in [0.2, 0.25) is 0 Å². The zero-order valence-corrected chi connectivity index (χ0v) is 15.5. The van der Waals surface area contributed by atoms with Gasteiger partial charge in [-0.1, -0.05) is 0 Å². The molecule has 0 spiro atoms. The summed E-state index contributed by atoms with van der Waals surface area (Å²) in [5.74, 6) is -0.277. The fourth-order valence-electron chi connectivity index (χ4n) is 2.98. The molecular weight excluding hydrogens is 376 g/mol. The third-order valence-electron chi connectivity index (χ3n) is 4.53. The number of imide groups is 1. The second kappa shape index (κ2) is 7.53. The first kappa shape index (κ1) is 19.1. The van der Waals surface area contributed by atoms with Crippen molar-refractivity contribution >= 4 is 27.9 Å². The van der Waals surface area contributed by atoms with Crippen LogP contribution in [0.5, 0.6) is 5.75 Å². The fraction of sp³-hybridized carbons (Fsp3) is 0.438. The van der Waals surface area contributed by atoms with Gasteiger partial charge in [-0.15, -0.1) is 0 Å². The van der Waals surface area contributed by atoms with E-state index >= 15 is 0 Å². The first-order valence-electron chi connectivity index (χ1n) is 8.34. The molecule has 2 aliphatic heterocycles. The van der Waals surface area contributed by atoms with Crippen molar-refractivity contribution in [1.82, 2.24) is 19.8 Å². The predicted molar refractivity (Wildman–Crippen MR) is 93.4 cm³/mol. The van der Waals surface area contributed by atoms with Crippen molar-refractivity contribution in [1.29, 1.82) is 0 Å². The van der Waals surface area contributed by atoms with E-state index in [2.05, 4.69) is 10.6 Å². The van der Waals surface area contributed by atoms with Gasteiger partial charge >= 0.3 is 6.03 Å². The van der Waals surface area contributed by atoms with E-state index < -0.39 is 28.0 Å². The first-order valence-corrected chi connectivity index (χ1v) is 9.78. The zero-order chi connectivity index (χ0) is 19.6. The molecule has 0 saturated carbocycles. The lowest BCUT2D eigenvalue weighted by Crippen LogP contribution is -2.51. The van der Waals surface area contributed by atoms with Crippen molar-refractivity contribution in [2.24, 2.45) is 0 Å². The van der Waals surface area contributed by atoms with Gasteiger partial charge < -0.3 is 15.0 Å². The van der Waals surface area contributed by atoms with Crippen molar-refractivity contribution in [2.75, 3.05) is 33.3 Å². The van der Waals surface area contributed by atoms with E-state index in [0.717, 1.165) is 0 Å². The highest BCUT2D eigenvalue weighted by Gasteiger charge is 2.35. The molecule has 0 unspecified atom stereocenters. The number of benzene rings is 1. The molecule has 11 heteroatoms. The normalized spacial score (nSPS) is 20.9. The van der Waals surface area contributed by atoms with Gasteiger partial charge in [0.05, 0.1) is 18.4 Å². The van der Waals surface area contributed by atoms with Crippen molar-refractivity contribution in [3.05, 3.63) is 24.3 Å². The molecule has 2 N–H and O–H groups in total. The maximum absolute atomic E-state index is 12.7. The smallest absolute Gasteiger partial charge is 0.322 e. The molecule has 1 aromatic rings. The minimum Gasteiger partial charge on any atom is -0.497 e. The number of nitrogens with one attached hydrogen (secondary N) is 2. The van der Waals surface area contributed by atoms with Crippen LogP contribution in [0.25, 0.3) is 0 Å². The van der Waals surface area contributed by atoms with E-state index in [1.54, 1.807) is 12.1 Å². The highest BCUT2D eigenvalue weighted by Crippen LogP contribution is 2.21. The number of sulfonamides is 1. The molecule has 3 rings (SSSR count). The lowest BCUT2D eigenvalue weighted by molar-refractivity contribution is -0.134. The van der Waals surface area contributed by atoms with Crippen molar-refractivity contribution < 1.29 is 27.5 Å². The number of ether oxygens (including phenoxy) is 1. The molecule has 27 heavy (non-hydrogen) atoms. The van der Waals surface area contributed by atoms with Gasteiger partial charge in [0.25, 0.3) is 5.91 Å². The summed E-state index contributed by atoms with van der Waals surface area (Å²) in [5.41, 5.74) is 0. The molecule has 2 saturated heterocycles. The van der Waals surface area contributed by atoms with E-state index in [0.29, 0.717) is 5.75 Å². The van der Waals surface area contributed by atoms with Crippen molar-refractivity contribution in [3.8, 4) is 5.75 Å². The van der Waals surface area contributed by atoms with E-state index in [4.69, 9.17) is 4.74 Å². The minimum atomic E-state index is -3.66. The molecule has 10 nitrogen and oxygen atoms in total. The maximum Gasteiger partial charge on any atom is 0.322 e.